The number of rotatable bonds is 4. The first kappa shape index (κ1) is 12.6. The van der Waals surface area contributed by atoms with Gasteiger partial charge in [-0.1, -0.05) is 6.92 Å². The fraction of sp³-hybridized carbons (Fsp3) is 0.200. The van der Waals surface area contributed by atoms with Gasteiger partial charge in [-0.2, -0.15) is 0 Å². The van der Waals surface area contributed by atoms with Crippen molar-refractivity contribution in [2.75, 3.05) is 11.9 Å². The first-order valence-electron chi connectivity index (χ1n) is 6.52. The Bertz CT molecular complexity index is 739. The van der Waals surface area contributed by atoms with Crippen molar-refractivity contribution < 1.29 is 8.81 Å². The Balaban J connectivity index is 2.06. The predicted molar refractivity (Wildman–Crippen MR) is 76.0 cm³/mol. The summed E-state index contributed by atoms with van der Waals surface area (Å²) in [6.45, 7) is 2.88. The predicted octanol–water partition coefficient (Wildman–Crippen LogP) is 3.85. The molecule has 2 aromatic heterocycles. The lowest BCUT2D eigenvalue weighted by Gasteiger charge is -2.06. The highest BCUT2D eigenvalue weighted by atomic mass is 19.1. The number of halogens is 1. The Morgan fingerprint density at radius 1 is 1.20 bits per heavy atom. The summed E-state index contributed by atoms with van der Waals surface area (Å²) in [4.78, 5) is 8.58. The van der Waals surface area contributed by atoms with E-state index in [2.05, 4.69) is 22.2 Å². The van der Waals surface area contributed by atoms with Gasteiger partial charge in [-0.25, -0.2) is 14.4 Å². The molecule has 0 fully saturated rings. The molecule has 0 saturated carbocycles. The van der Waals surface area contributed by atoms with Crippen LogP contribution in [0.4, 0.5) is 10.2 Å². The normalized spacial score (nSPS) is 10.9. The lowest BCUT2D eigenvalue weighted by atomic mass is 10.2. The third-order valence-corrected chi connectivity index (χ3v) is 2.95. The van der Waals surface area contributed by atoms with Gasteiger partial charge in [0.2, 0.25) is 0 Å². The van der Waals surface area contributed by atoms with E-state index in [1.165, 1.54) is 12.1 Å². The van der Waals surface area contributed by atoms with Crippen LogP contribution in [0.15, 0.2) is 41.1 Å². The van der Waals surface area contributed by atoms with Crippen molar-refractivity contribution in [1.29, 1.82) is 0 Å². The van der Waals surface area contributed by atoms with Crippen molar-refractivity contribution in [3.63, 3.8) is 0 Å². The van der Waals surface area contributed by atoms with E-state index in [1.54, 1.807) is 24.5 Å². The number of fused-ring (bicyclic) bond motifs is 1. The molecule has 1 N–H and O–H groups in total. The molecular weight excluding hydrogens is 257 g/mol. The summed E-state index contributed by atoms with van der Waals surface area (Å²) < 4.78 is 18.9. The first-order chi connectivity index (χ1) is 9.78. The third kappa shape index (κ3) is 2.34. The molecule has 4 nitrogen and oxygen atoms in total. The molecule has 0 spiro atoms. The molecule has 0 aliphatic carbocycles. The molecule has 20 heavy (non-hydrogen) atoms. The third-order valence-electron chi connectivity index (χ3n) is 2.95. The molecule has 0 unspecified atom stereocenters. The Morgan fingerprint density at radius 3 is 2.90 bits per heavy atom. The van der Waals surface area contributed by atoms with Crippen LogP contribution >= 0.6 is 0 Å². The lowest BCUT2D eigenvalue weighted by molar-refractivity contribution is 0.617. The molecule has 0 radical (unpaired) electrons. The summed E-state index contributed by atoms with van der Waals surface area (Å²) in [5, 5.41) is 3.92. The van der Waals surface area contributed by atoms with E-state index in [4.69, 9.17) is 4.42 Å². The molecule has 0 bridgehead atoms. The molecule has 0 amide bonds. The van der Waals surface area contributed by atoms with Crippen LogP contribution in [-0.2, 0) is 0 Å². The number of furan rings is 1. The highest BCUT2D eigenvalue weighted by Gasteiger charge is 2.13. The summed E-state index contributed by atoms with van der Waals surface area (Å²) >= 11 is 0. The van der Waals surface area contributed by atoms with Crippen LogP contribution in [0.5, 0.6) is 0 Å². The zero-order chi connectivity index (χ0) is 13.9. The van der Waals surface area contributed by atoms with Gasteiger partial charge in [0.05, 0.1) is 0 Å². The van der Waals surface area contributed by atoms with Crippen molar-refractivity contribution in [3.05, 3.63) is 42.5 Å². The van der Waals surface area contributed by atoms with Crippen molar-refractivity contribution in [2.45, 2.75) is 13.3 Å². The average molecular weight is 271 g/mol. The highest BCUT2D eigenvalue weighted by molar-refractivity contribution is 5.84. The van der Waals surface area contributed by atoms with Gasteiger partial charge in [-0.05, 0) is 30.7 Å². The zero-order valence-electron chi connectivity index (χ0n) is 11.1. The summed E-state index contributed by atoms with van der Waals surface area (Å²) in [6.07, 6.45) is 4.23. The number of hydrogen-bond acceptors (Lipinski definition) is 4. The molecule has 3 rings (SSSR count). The highest BCUT2D eigenvalue weighted by Crippen LogP contribution is 2.30. The second kappa shape index (κ2) is 5.28. The van der Waals surface area contributed by atoms with Crippen LogP contribution in [0.2, 0.25) is 0 Å². The topological polar surface area (TPSA) is 51.0 Å². The second-order valence-corrected chi connectivity index (χ2v) is 4.47. The van der Waals surface area contributed by atoms with Gasteiger partial charge < -0.3 is 9.73 Å². The van der Waals surface area contributed by atoms with Gasteiger partial charge in [0.1, 0.15) is 17.1 Å². The van der Waals surface area contributed by atoms with Gasteiger partial charge in [-0.15, -0.1) is 0 Å². The van der Waals surface area contributed by atoms with Crippen molar-refractivity contribution >= 4 is 16.8 Å². The molecule has 2 heterocycles. The van der Waals surface area contributed by atoms with E-state index >= 15 is 0 Å². The molecule has 0 aliphatic rings. The first-order valence-corrected chi connectivity index (χ1v) is 6.52. The Hall–Kier alpha value is -2.43. The molecule has 5 heteroatoms. The number of anilines is 1. The largest absolute Gasteiger partial charge is 0.454 e. The van der Waals surface area contributed by atoms with E-state index < -0.39 is 0 Å². The Labute approximate surface area is 115 Å². The quantitative estimate of drug-likeness (QED) is 0.783. The van der Waals surface area contributed by atoms with E-state index in [9.17, 15) is 4.39 Å². The van der Waals surface area contributed by atoms with E-state index in [0.29, 0.717) is 28.2 Å². The smallest absolute Gasteiger partial charge is 0.157 e. The van der Waals surface area contributed by atoms with Crippen molar-refractivity contribution in [3.8, 4) is 11.5 Å². The number of nitrogens with zero attached hydrogens (tertiary/aromatic N) is 2. The Kier molecular flexibility index (Phi) is 3.33. The average Bonchev–Trinajstić information content (AvgIpc) is 2.88. The maximum atomic E-state index is 13.2. The molecule has 1 aromatic carbocycles. The summed E-state index contributed by atoms with van der Waals surface area (Å²) in [5.74, 6) is 0.972. The molecule has 3 aromatic rings. The monoisotopic (exact) mass is 271 g/mol. The number of benzene rings is 1. The maximum absolute atomic E-state index is 13.2. The molecule has 0 saturated heterocycles. The molecule has 0 atom stereocenters. The minimum Gasteiger partial charge on any atom is -0.454 e. The van der Waals surface area contributed by atoms with E-state index in [-0.39, 0.29) is 5.82 Å². The maximum Gasteiger partial charge on any atom is 0.157 e. The van der Waals surface area contributed by atoms with Crippen LogP contribution in [0.25, 0.3) is 22.4 Å². The van der Waals surface area contributed by atoms with Gasteiger partial charge in [0.15, 0.2) is 11.6 Å². The fourth-order valence-corrected chi connectivity index (χ4v) is 2.02. The van der Waals surface area contributed by atoms with Crippen molar-refractivity contribution in [2.24, 2.45) is 0 Å². The van der Waals surface area contributed by atoms with Crippen LogP contribution < -0.4 is 5.32 Å². The zero-order valence-corrected chi connectivity index (χ0v) is 11.1. The van der Waals surface area contributed by atoms with Gasteiger partial charge in [-0.3, -0.25) is 0 Å². The van der Waals surface area contributed by atoms with E-state index in [0.717, 1.165) is 13.0 Å². The molecular formula is C15H14FN3O. The lowest BCUT2D eigenvalue weighted by Crippen LogP contribution is -2.04. The molecule has 102 valence electrons. The summed E-state index contributed by atoms with van der Waals surface area (Å²) in [6, 6.07) is 6.21. The van der Waals surface area contributed by atoms with E-state index in [1.807, 2.05) is 0 Å². The second-order valence-electron chi connectivity index (χ2n) is 4.47. The minimum absolute atomic E-state index is 0.284. The number of hydrogen-bond donors (Lipinski definition) is 1. The van der Waals surface area contributed by atoms with Crippen LogP contribution in [0.3, 0.4) is 0 Å². The van der Waals surface area contributed by atoms with Gasteiger partial charge >= 0.3 is 0 Å². The van der Waals surface area contributed by atoms with Gasteiger partial charge in [0.25, 0.3) is 0 Å². The molecule has 0 aliphatic heterocycles. The minimum atomic E-state index is -0.284. The fourth-order valence-electron chi connectivity index (χ4n) is 2.02. The standard InChI is InChI=1S/C15H14FN3O/c1-2-5-18-15-14(17-6-7-19-15)13-9-10-8-11(16)3-4-12(10)20-13/h3-4,6-9H,2,5H2,1H3,(H,18,19). The van der Waals surface area contributed by atoms with Crippen molar-refractivity contribution in [1.82, 2.24) is 9.97 Å². The van der Waals surface area contributed by atoms with Gasteiger partial charge in [0, 0.05) is 24.3 Å². The Morgan fingerprint density at radius 2 is 2.05 bits per heavy atom. The van der Waals surface area contributed by atoms with Crippen LogP contribution in [0.1, 0.15) is 13.3 Å². The number of nitrogens with one attached hydrogen (secondary N) is 1. The SMILES string of the molecule is CCCNc1nccnc1-c1cc2cc(F)ccc2o1. The summed E-state index contributed by atoms with van der Waals surface area (Å²) in [5.41, 5.74) is 1.27. The van der Waals surface area contributed by atoms with Crippen LogP contribution in [-0.4, -0.2) is 16.5 Å². The summed E-state index contributed by atoms with van der Waals surface area (Å²) in [7, 11) is 0. The number of aromatic nitrogens is 2. The van der Waals surface area contributed by atoms with Crippen LogP contribution in [0, 0.1) is 5.82 Å².